The molecular weight excluding hydrogens is 317 g/mol. The molecule has 2 aromatic rings. The summed E-state index contributed by atoms with van der Waals surface area (Å²) in [5.74, 6) is 0.434. The van der Waals surface area contributed by atoms with Crippen LogP contribution < -0.4 is 14.8 Å². The maximum atomic E-state index is 12.3. The van der Waals surface area contributed by atoms with Crippen LogP contribution in [0.2, 0.25) is 10.3 Å². The van der Waals surface area contributed by atoms with Crippen LogP contribution in [0.5, 0.6) is 11.5 Å². The third-order valence-electron chi connectivity index (χ3n) is 2.64. The van der Waals surface area contributed by atoms with E-state index < -0.39 is 5.91 Å². The molecule has 2 rings (SSSR count). The monoisotopic (exact) mass is 327 g/mol. The predicted molar refractivity (Wildman–Crippen MR) is 79.6 cm³/mol. The topological polar surface area (TPSA) is 73.3 Å². The maximum Gasteiger partial charge on any atom is 0.259 e. The molecule has 6 nitrogen and oxygen atoms in total. The van der Waals surface area contributed by atoms with E-state index in [-0.39, 0.29) is 21.6 Å². The van der Waals surface area contributed by atoms with Gasteiger partial charge in [-0.2, -0.15) is 0 Å². The number of hydrogen-bond acceptors (Lipinski definition) is 5. The highest BCUT2D eigenvalue weighted by molar-refractivity contribution is 6.38. The van der Waals surface area contributed by atoms with Crippen LogP contribution in [0.25, 0.3) is 0 Å². The average Bonchev–Trinajstić information content (AvgIpc) is 2.50. The second-order valence-corrected chi connectivity index (χ2v) is 4.57. The fourth-order valence-electron chi connectivity index (χ4n) is 1.62. The molecule has 1 amide bonds. The lowest BCUT2D eigenvalue weighted by atomic mass is 10.1. The van der Waals surface area contributed by atoms with Crippen LogP contribution in [-0.4, -0.2) is 30.1 Å². The lowest BCUT2D eigenvalue weighted by molar-refractivity contribution is 0.102. The molecule has 0 atom stereocenters. The molecule has 0 aliphatic heterocycles. The number of carbonyl (C=O) groups excluding carboxylic acids is 1. The number of amides is 1. The minimum absolute atomic E-state index is 0.0465. The van der Waals surface area contributed by atoms with E-state index in [9.17, 15) is 4.79 Å². The number of aromatic nitrogens is 2. The van der Waals surface area contributed by atoms with E-state index in [0.717, 1.165) is 0 Å². The van der Waals surface area contributed by atoms with Gasteiger partial charge in [0, 0.05) is 0 Å². The first-order valence-electron chi connectivity index (χ1n) is 5.76. The predicted octanol–water partition coefficient (Wildman–Crippen LogP) is 3.05. The molecule has 0 spiro atoms. The van der Waals surface area contributed by atoms with Gasteiger partial charge in [0.15, 0.2) is 10.3 Å². The molecule has 8 heteroatoms. The van der Waals surface area contributed by atoms with E-state index in [2.05, 4.69) is 15.3 Å². The first-order valence-corrected chi connectivity index (χ1v) is 6.51. The minimum atomic E-state index is -0.468. The summed E-state index contributed by atoms with van der Waals surface area (Å²) in [5.41, 5.74) is 0.406. The van der Waals surface area contributed by atoms with Gasteiger partial charge >= 0.3 is 0 Å². The van der Waals surface area contributed by atoms with Crippen molar-refractivity contribution in [1.29, 1.82) is 0 Å². The van der Waals surface area contributed by atoms with Crippen molar-refractivity contribution >= 4 is 34.8 Å². The number of benzene rings is 1. The van der Waals surface area contributed by atoms with Crippen LogP contribution in [0, 0.1) is 0 Å². The second kappa shape index (κ2) is 6.60. The summed E-state index contributed by atoms with van der Waals surface area (Å²) in [4.78, 5) is 19.9. The van der Waals surface area contributed by atoms with Crippen molar-refractivity contribution in [3.05, 3.63) is 40.4 Å². The molecule has 0 saturated heterocycles. The van der Waals surface area contributed by atoms with Crippen molar-refractivity contribution in [3.63, 3.8) is 0 Å². The zero-order valence-corrected chi connectivity index (χ0v) is 12.7. The molecule has 1 aromatic carbocycles. The molecule has 1 aromatic heterocycles. The minimum Gasteiger partial charge on any atom is -0.497 e. The van der Waals surface area contributed by atoms with Crippen molar-refractivity contribution < 1.29 is 14.3 Å². The highest BCUT2D eigenvalue weighted by Crippen LogP contribution is 2.29. The van der Waals surface area contributed by atoms with E-state index in [0.29, 0.717) is 11.5 Å². The Morgan fingerprint density at radius 3 is 2.38 bits per heavy atom. The number of halogens is 2. The Balaban J connectivity index is 2.36. The van der Waals surface area contributed by atoms with Gasteiger partial charge < -0.3 is 14.8 Å². The summed E-state index contributed by atoms with van der Waals surface area (Å²) >= 11 is 11.8. The van der Waals surface area contributed by atoms with E-state index in [1.165, 1.54) is 20.5 Å². The summed E-state index contributed by atoms with van der Waals surface area (Å²) in [7, 11) is 2.96. The fraction of sp³-hybridized carbons (Fsp3) is 0.154. The maximum absolute atomic E-state index is 12.3. The Bertz CT molecular complexity index is 659. The Labute approximate surface area is 131 Å². The number of hydrogen-bond donors (Lipinski definition) is 1. The molecule has 1 heterocycles. The third-order valence-corrected chi connectivity index (χ3v) is 3.22. The number of ether oxygens (including phenoxy) is 2. The van der Waals surface area contributed by atoms with Crippen LogP contribution in [0.15, 0.2) is 24.5 Å². The van der Waals surface area contributed by atoms with Gasteiger partial charge in [0.25, 0.3) is 5.91 Å². The summed E-state index contributed by atoms with van der Waals surface area (Å²) in [6.45, 7) is 0. The van der Waals surface area contributed by atoms with Crippen LogP contribution in [0.3, 0.4) is 0 Å². The molecule has 0 bridgehead atoms. The van der Waals surface area contributed by atoms with Gasteiger partial charge in [0.2, 0.25) is 0 Å². The van der Waals surface area contributed by atoms with Crippen LogP contribution >= 0.6 is 23.2 Å². The molecule has 21 heavy (non-hydrogen) atoms. The average molecular weight is 328 g/mol. The zero-order chi connectivity index (χ0) is 15.4. The first kappa shape index (κ1) is 15.3. The zero-order valence-electron chi connectivity index (χ0n) is 11.2. The van der Waals surface area contributed by atoms with Gasteiger partial charge in [0.05, 0.1) is 19.8 Å². The van der Waals surface area contributed by atoms with E-state index in [1.54, 1.807) is 18.2 Å². The van der Waals surface area contributed by atoms with E-state index in [4.69, 9.17) is 32.7 Å². The fourth-order valence-corrected chi connectivity index (χ4v) is 2.03. The molecule has 0 fully saturated rings. The SMILES string of the molecule is COc1ccc(OC)c(C(=O)Nc2c(Cl)ncnc2Cl)c1. The molecule has 110 valence electrons. The van der Waals surface area contributed by atoms with Crippen molar-refractivity contribution in [1.82, 2.24) is 9.97 Å². The van der Waals surface area contributed by atoms with Gasteiger partial charge in [-0.1, -0.05) is 23.2 Å². The molecule has 1 N–H and O–H groups in total. The Hall–Kier alpha value is -2.05. The van der Waals surface area contributed by atoms with Gasteiger partial charge in [-0.05, 0) is 18.2 Å². The molecule has 0 unspecified atom stereocenters. The third kappa shape index (κ3) is 3.34. The van der Waals surface area contributed by atoms with Gasteiger partial charge in [0.1, 0.15) is 23.5 Å². The number of carbonyl (C=O) groups is 1. The van der Waals surface area contributed by atoms with Crippen LogP contribution in [-0.2, 0) is 0 Å². The van der Waals surface area contributed by atoms with Crippen molar-refractivity contribution in [2.45, 2.75) is 0 Å². The smallest absolute Gasteiger partial charge is 0.259 e. The largest absolute Gasteiger partial charge is 0.497 e. The first-order chi connectivity index (χ1) is 10.1. The van der Waals surface area contributed by atoms with Crippen molar-refractivity contribution in [2.24, 2.45) is 0 Å². The van der Waals surface area contributed by atoms with Crippen molar-refractivity contribution in [2.75, 3.05) is 19.5 Å². The summed E-state index contributed by atoms with van der Waals surface area (Å²) in [6.07, 6.45) is 1.20. The Morgan fingerprint density at radius 1 is 1.14 bits per heavy atom. The molecule has 0 radical (unpaired) electrons. The summed E-state index contributed by atoms with van der Waals surface area (Å²) in [5, 5.41) is 2.65. The van der Waals surface area contributed by atoms with Gasteiger partial charge in [-0.15, -0.1) is 0 Å². The normalized spacial score (nSPS) is 10.1. The van der Waals surface area contributed by atoms with Crippen LogP contribution in [0.4, 0.5) is 5.69 Å². The number of nitrogens with zero attached hydrogens (tertiary/aromatic N) is 2. The molecule has 0 aliphatic carbocycles. The van der Waals surface area contributed by atoms with Gasteiger partial charge in [-0.3, -0.25) is 4.79 Å². The standard InChI is InChI=1S/C13H11Cl2N3O3/c1-20-7-3-4-9(21-2)8(5-7)13(19)18-10-11(14)16-6-17-12(10)15/h3-6H,1-2H3,(H,18,19). The molecule has 0 saturated carbocycles. The quantitative estimate of drug-likeness (QED) is 0.873. The second-order valence-electron chi connectivity index (χ2n) is 3.85. The van der Waals surface area contributed by atoms with Crippen LogP contribution in [0.1, 0.15) is 10.4 Å². The van der Waals surface area contributed by atoms with Crippen molar-refractivity contribution in [3.8, 4) is 11.5 Å². The molecular formula is C13H11Cl2N3O3. The van der Waals surface area contributed by atoms with E-state index >= 15 is 0 Å². The number of anilines is 1. The van der Waals surface area contributed by atoms with Gasteiger partial charge in [-0.25, -0.2) is 9.97 Å². The molecule has 0 aliphatic rings. The number of nitrogens with one attached hydrogen (secondary N) is 1. The Kier molecular flexibility index (Phi) is 4.82. The number of rotatable bonds is 4. The Morgan fingerprint density at radius 2 is 1.81 bits per heavy atom. The lowest BCUT2D eigenvalue weighted by Gasteiger charge is -2.11. The summed E-state index contributed by atoms with van der Waals surface area (Å²) in [6, 6.07) is 4.85. The summed E-state index contributed by atoms with van der Waals surface area (Å²) < 4.78 is 10.2. The highest BCUT2D eigenvalue weighted by atomic mass is 35.5. The lowest BCUT2D eigenvalue weighted by Crippen LogP contribution is -2.14. The highest BCUT2D eigenvalue weighted by Gasteiger charge is 2.17. The van der Waals surface area contributed by atoms with E-state index in [1.807, 2.05) is 0 Å². The number of methoxy groups -OCH3 is 2.